The molecular weight excluding hydrogens is 1070 g/mol. The first-order valence-electron chi connectivity index (χ1n) is 15.9. The molecule has 4 heterocycles. The molecule has 2 amide bonds. The highest BCUT2D eigenvalue weighted by molar-refractivity contribution is 9.11. The third-order valence-corrected chi connectivity index (χ3v) is 10.8. The van der Waals surface area contributed by atoms with E-state index < -0.39 is 38.4 Å². The SMILES string of the molecule is O=C1N/C=C/c2ccc(c(Br)c2)Oc2cc(cc(Br)c2OS(=O)(=O)O)CCNC(=O)/C(=N/O)Cc2ccc(c(Br)c2)Oc2cc(cc(Br)c2OS(=O)(=O)O)C/C1=N\O. The zero-order chi connectivity index (χ0) is 42.4. The second-order valence-electron chi connectivity index (χ2n) is 11.8. The van der Waals surface area contributed by atoms with Gasteiger partial charge in [0.2, 0.25) is 11.5 Å². The molecule has 8 bridgehead atoms. The molecule has 0 spiro atoms. The summed E-state index contributed by atoms with van der Waals surface area (Å²) in [4.78, 5) is 26.1. The zero-order valence-corrected chi connectivity index (χ0v) is 36.8. The van der Waals surface area contributed by atoms with E-state index in [1.54, 1.807) is 12.1 Å². The molecule has 0 radical (unpaired) electrons. The van der Waals surface area contributed by atoms with Crippen molar-refractivity contribution in [3.8, 4) is 34.5 Å². The molecular formula is C34H26Br4N4O14S2. The lowest BCUT2D eigenvalue weighted by molar-refractivity contribution is -0.115. The van der Waals surface area contributed by atoms with Gasteiger partial charge in [0.15, 0.2) is 11.5 Å². The summed E-state index contributed by atoms with van der Waals surface area (Å²) in [5, 5.41) is 30.9. The lowest BCUT2D eigenvalue weighted by Gasteiger charge is -2.16. The summed E-state index contributed by atoms with van der Waals surface area (Å²) in [7, 11) is -10.1. The monoisotopic (exact) mass is 1090 g/mol. The molecule has 24 heteroatoms. The summed E-state index contributed by atoms with van der Waals surface area (Å²) in [6.45, 7) is 0.00815. The van der Waals surface area contributed by atoms with Crippen LogP contribution in [0, 0.1) is 0 Å². The summed E-state index contributed by atoms with van der Waals surface area (Å²) in [5.41, 5.74) is 1.11. The van der Waals surface area contributed by atoms with Crippen molar-refractivity contribution in [2.24, 2.45) is 10.3 Å². The van der Waals surface area contributed by atoms with Crippen molar-refractivity contribution in [1.29, 1.82) is 0 Å². The van der Waals surface area contributed by atoms with Crippen molar-refractivity contribution in [3.63, 3.8) is 0 Å². The van der Waals surface area contributed by atoms with Gasteiger partial charge in [0.1, 0.15) is 22.9 Å². The van der Waals surface area contributed by atoms with Crippen LogP contribution in [0.5, 0.6) is 34.5 Å². The van der Waals surface area contributed by atoms with Crippen molar-refractivity contribution >= 4 is 114 Å². The number of hydrogen-bond acceptors (Lipinski definition) is 14. The maximum Gasteiger partial charge on any atom is 0.446 e. The van der Waals surface area contributed by atoms with Gasteiger partial charge in [-0.25, -0.2) is 0 Å². The molecule has 8 rings (SSSR count). The quantitative estimate of drug-likeness (QED) is 0.0691. The molecule has 0 aromatic heterocycles. The van der Waals surface area contributed by atoms with Crippen LogP contribution in [-0.4, -0.2) is 66.1 Å². The first-order chi connectivity index (χ1) is 27.3. The second kappa shape index (κ2) is 19.0. The summed E-state index contributed by atoms with van der Waals surface area (Å²) < 4.78 is 88.0. The standard InChI is InChI=1S/C34H26Br4N4O14S2/c35-21-9-17-1-3-27(21)53-29-15-19(11-23(37)31(29)55-57(47,48)49)6-8-40-33(43)25(41-45)13-18-2-4-28(22(36)10-18)54-30-16-20(12-24(38)32(30)56-58(50,51)52)14-26(42-46)34(44)39-7-5-17/h1-5,7,9-12,15-16,45-46H,6,8,13-14H2,(H,39,44)(H,40,43)(H,47,48,49)(H,50,51,52)/b7-5+,41-25+,42-26+. The van der Waals surface area contributed by atoms with Crippen LogP contribution in [-0.2, 0) is 49.6 Å². The van der Waals surface area contributed by atoms with E-state index in [9.17, 15) is 45.9 Å². The minimum absolute atomic E-state index is 0.00815. The third kappa shape index (κ3) is 12.2. The van der Waals surface area contributed by atoms with E-state index in [0.29, 0.717) is 21.2 Å². The molecule has 4 aromatic rings. The van der Waals surface area contributed by atoms with Crippen LogP contribution in [0.4, 0.5) is 0 Å². The predicted molar refractivity (Wildman–Crippen MR) is 221 cm³/mol. The van der Waals surface area contributed by atoms with E-state index in [2.05, 4.69) is 84.7 Å². The third-order valence-electron chi connectivity index (χ3n) is 7.61. The lowest BCUT2D eigenvalue weighted by atomic mass is 10.1. The number of benzene rings is 4. The van der Waals surface area contributed by atoms with E-state index in [4.69, 9.17) is 17.8 Å². The highest BCUT2D eigenvalue weighted by Gasteiger charge is 2.24. The van der Waals surface area contributed by atoms with Crippen LogP contribution in [0.3, 0.4) is 0 Å². The van der Waals surface area contributed by atoms with Crippen molar-refractivity contribution in [3.05, 3.63) is 107 Å². The summed E-state index contributed by atoms with van der Waals surface area (Å²) in [5.74, 6) is -2.51. The molecule has 0 atom stereocenters. The Kier molecular flexibility index (Phi) is 14.6. The second-order valence-corrected chi connectivity index (χ2v) is 17.2. The fraction of sp³-hybridized carbons (Fsp3) is 0.118. The number of nitrogens with one attached hydrogen (secondary N) is 2. The van der Waals surface area contributed by atoms with Gasteiger partial charge >= 0.3 is 20.8 Å². The highest BCUT2D eigenvalue weighted by atomic mass is 79.9. The van der Waals surface area contributed by atoms with Gasteiger partial charge in [-0.2, -0.15) is 16.8 Å². The minimum Gasteiger partial charge on any atom is -0.452 e. The Morgan fingerprint density at radius 1 is 0.621 bits per heavy atom. The van der Waals surface area contributed by atoms with E-state index in [1.807, 2.05) is 0 Å². The Balaban J connectivity index is 1.54. The molecule has 4 aliphatic rings. The molecule has 0 saturated heterocycles. The number of hydrogen-bond donors (Lipinski definition) is 6. The fourth-order valence-electron chi connectivity index (χ4n) is 5.12. The number of carbonyl (C=O) groups is 2. The fourth-order valence-corrected chi connectivity index (χ4v) is 8.22. The van der Waals surface area contributed by atoms with E-state index in [1.165, 1.54) is 60.8 Å². The zero-order valence-electron chi connectivity index (χ0n) is 28.9. The van der Waals surface area contributed by atoms with Gasteiger partial charge in [-0.3, -0.25) is 18.7 Å². The van der Waals surface area contributed by atoms with Crippen LogP contribution in [0.15, 0.2) is 95.1 Å². The van der Waals surface area contributed by atoms with Gasteiger partial charge in [-0.15, -0.1) is 0 Å². The van der Waals surface area contributed by atoms with Crippen molar-refractivity contribution < 1.29 is 63.8 Å². The van der Waals surface area contributed by atoms with Gasteiger partial charge in [0.05, 0.1) is 17.9 Å². The summed E-state index contributed by atoms with van der Waals surface area (Å²) >= 11 is 13.2. The Labute approximate surface area is 363 Å². The van der Waals surface area contributed by atoms with Crippen LogP contribution >= 0.6 is 63.7 Å². The number of rotatable bonds is 4. The largest absolute Gasteiger partial charge is 0.452 e. The first-order valence-corrected chi connectivity index (χ1v) is 21.8. The molecule has 4 aromatic carbocycles. The van der Waals surface area contributed by atoms with E-state index in [-0.39, 0.29) is 85.0 Å². The topological polar surface area (TPSA) is 269 Å². The number of halogens is 4. The molecule has 0 aliphatic carbocycles. The van der Waals surface area contributed by atoms with Crippen LogP contribution < -0.4 is 28.5 Å². The minimum atomic E-state index is -5.06. The molecule has 58 heavy (non-hydrogen) atoms. The van der Waals surface area contributed by atoms with Gasteiger partial charge in [-0.05, 0) is 147 Å². The molecule has 306 valence electrons. The molecule has 4 aliphatic heterocycles. The predicted octanol–water partition coefficient (Wildman–Crippen LogP) is 6.89. The first kappa shape index (κ1) is 44.5. The summed E-state index contributed by atoms with van der Waals surface area (Å²) in [6, 6.07) is 14.7. The van der Waals surface area contributed by atoms with Crippen molar-refractivity contribution in [2.45, 2.75) is 19.3 Å². The average Bonchev–Trinajstić information content (AvgIpc) is 3.13. The molecule has 18 nitrogen and oxygen atoms in total. The molecule has 0 saturated carbocycles. The Morgan fingerprint density at radius 3 is 1.67 bits per heavy atom. The van der Waals surface area contributed by atoms with Crippen molar-refractivity contribution in [1.82, 2.24) is 10.6 Å². The Hall–Kier alpha value is -4.56. The molecule has 0 fully saturated rings. The van der Waals surface area contributed by atoms with Crippen molar-refractivity contribution in [2.75, 3.05) is 6.54 Å². The van der Waals surface area contributed by atoms with Crippen LogP contribution in [0.1, 0.15) is 22.3 Å². The number of amides is 2. The Morgan fingerprint density at radius 2 is 1.12 bits per heavy atom. The van der Waals surface area contributed by atoms with Gasteiger partial charge in [0, 0.05) is 25.6 Å². The number of oxime groups is 2. The van der Waals surface area contributed by atoms with Gasteiger partial charge < -0.3 is 38.9 Å². The van der Waals surface area contributed by atoms with E-state index >= 15 is 0 Å². The average molecular weight is 1100 g/mol. The van der Waals surface area contributed by atoms with Gasteiger partial charge in [0.25, 0.3) is 11.8 Å². The van der Waals surface area contributed by atoms with Crippen LogP contribution in [0.25, 0.3) is 6.08 Å². The molecule has 6 N–H and O–H groups in total. The van der Waals surface area contributed by atoms with E-state index in [0.717, 1.165) is 0 Å². The normalized spacial score (nSPS) is 16.4. The van der Waals surface area contributed by atoms with Gasteiger partial charge in [-0.1, -0.05) is 22.4 Å². The lowest BCUT2D eigenvalue weighted by Crippen LogP contribution is -2.33. The number of nitrogens with zero attached hydrogens (tertiary/aromatic N) is 2. The smallest absolute Gasteiger partial charge is 0.446 e. The summed E-state index contributed by atoms with van der Waals surface area (Å²) in [6.07, 6.45) is 2.43. The highest BCUT2D eigenvalue weighted by Crippen LogP contribution is 2.43. The van der Waals surface area contributed by atoms with Crippen LogP contribution in [0.2, 0.25) is 0 Å². The Bertz CT molecular complexity index is 2610. The number of ether oxygens (including phenoxy) is 2. The number of carbonyl (C=O) groups excluding carboxylic acids is 2. The maximum absolute atomic E-state index is 13.1. The molecule has 0 unspecified atom stereocenters. The maximum atomic E-state index is 13.1.